The number of aliphatic hydroxyl groups excluding tert-OH is 1. The van der Waals surface area contributed by atoms with Gasteiger partial charge in [-0.25, -0.2) is 4.39 Å². The van der Waals surface area contributed by atoms with Crippen LogP contribution in [0.15, 0.2) is 59.6 Å². The predicted octanol–water partition coefficient (Wildman–Crippen LogP) is 5.13. The summed E-state index contributed by atoms with van der Waals surface area (Å²) in [6, 6.07) is 7.59. The highest BCUT2D eigenvalue weighted by atomic mass is 19.1. The minimum atomic E-state index is -0.954. The van der Waals surface area contributed by atoms with Gasteiger partial charge in [0.1, 0.15) is 18.1 Å². The number of alkyl halides is 1. The molecule has 1 heterocycles. The molecule has 0 radical (unpaired) electrons. The van der Waals surface area contributed by atoms with Crippen LogP contribution < -0.4 is 10.1 Å². The monoisotopic (exact) mass is 469 g/mol. The molecule has 1 saturated heterocycles. The first-order valence-electron chi connectivity index (χ1n) is 12.1. The molecule has 6 heteroatoms. The zero-order valence-corrected chi connectivity index (χ0v) is 21.2. The van der Waals surface area contributed by atoms with Crippen LogP contribution in [0.25, 0.3) is 0 Å². The Hall–Kier alpha value is -2.75. The summed E-state index contributed by atoms with van der Waals surface area (Å²) in [5.74, 6) is 0.801. The van der Waals surface area contributed by atoms with Crippen molar-refractivity contribution in [2.75, 3.05) is 27.2 Å². The molecule has 0 aromatic heterocycles. The molecule has 1 aliphatic heterocycles. The smallest absolute Gasteiger partial charge is 0.133 e. The number of aliphatic hydroxyl groups is 1. The fourth-order valence-corrected chi connectivity index (χ4v) is 4.67. The Labute approximate surface area is 205 Å². The maximum Gasteiger partial charge on any atom is 0.133 e. The van der Waals surface area contributed by atoms with Gasteiger partial charge in [-0.1, -0.05) is 38.1 Å². The second kappa shape index (κ2) is 12.6. The molecule has 3 unspecified atom stereocenters. The van der Waals surface area contributed by atoms with Gasteiger partial charge in [-0.05, 0) is 57.0 Å². The van der Waals surface area contributed by atoms with Crippen LogP contribution in [0.4, 0.5) is 4.39 Å². The Bertz CT molecular complexity index is 906. The number of nitrogens with one attached hydrogen (secondary N) is 1. The second-order valence-corrected chi connectivity index (χ2v) is 8.65. The first-order chi connectivity index (χ1) is 16.3. The Morgan fingerprint density at radius 3 is 2.56 bits per heavy atom. The van der Waals surface area contributed by atoms with Gasteiger partial charge in [-0.3, -0.25) is 4.90 Å². The van der Waals surface area contributed by atoms with E-state index in [4.69, 9.17) is 4.74 Å². The minimum absolute atomic E-state index is 0.322. The third-order valence-corrected chi connectivity index (χ3v) is 6.55. The minimum Gasteiger partial charge on any atom is -0.494 e. The third kappa shape index (κ3) is 6.02. The molecule has 3 rings (SSSR count). The van der Waals surface area contributed by atoms with Crippen LogP contribution in [0, 0.1) is 12.8 Å². The molecule has 1 fully saturated rings. The summed E-state index contributed by atoms with van der Waals surface area (Å²) in [5.41, 5.74) is 3.64. The maximum atomic E-state index is 14.1. The van der Waals surface area contributed by atoms with Crippen LogP contribution in [0.2, 0.25) is 0 Å². The first-order valence-corrected chi connectivity index (χ1v) is 12.1. The summed E-state index contributed by atoms with van der Waals surface area (Å²) < 4.78 is 19.6. The number of halogens is 1. The van der Waals surface area contributed by atoms with Crippen LogP contribution in [-0.4, -0.2) is 53.9 Å². The summed E-state index contributed by atoms with van der Waals surface area (Å²) in [6.07, 6.45) is 15.3. The first kappa shape index (κ1) is 27.5. The highest BCUT2D eigenvalue weighted by molar-refractivity contribution is 5.44. The quantitative estimate of drug-likeness (QED) is 0.388. The normalized spacial score (nSPS) is 23.8. The van der Waals surface area contributed by atoms with E-state index in [1.807, 2.05) is 49.2 Å². The fraction of sp³-hybridized carbons (Fsp3) is 0.500. The molecule has 1 aromatic rings. The summed E-state index contributed by atoms with van der Waals surface area (Å²) in [7, 11) is 4.01. The molecular weight excluding hydrogens is 429 g/mol. The predicted molar refractivity (Wildman–Crippen MR) is 138 cm³/mol. The van der Waals surface area contributed by atoms with E-state index >= 15 is 0 Å². The molecule has 1 aliphatic carbocycles. The average Bonchev–Trinajstić information content (AvgIpc) is 2.86. The standard InChI is InChI=1S/C26H38FN3O2.C2H2/c1-6-9-24-26(7-2,28-22-18-20(27)12-15-23(22)30(24)5)16-17-29(4)25(31)19-10-13-21(14-11-19)32-8-3;1-2/h9-11,13-15,18,20,25,28,31H,6-8,12,16-17H2,1-5H3;1-2H/b24-9-;. The van der Waals surface area contributed by atoms with E-state index in [9.17, 15) is 9.50 Å². The zero-order valence-electron chi connectivity index (χ0n) is 21.2. The Kier molecular flexibility index (Phi) is 10.2. The van der Waals surface area contributed by atoms with Gasteiger partial charge in [0, 0.05) is 25.7 Å². The highest BCUT2D eigenvalue weighted by Crippen LogP contribution is 2.40. The van der Waals surface area contributed by atoms with Crippen LogP contribution in [-0.2, 0) is 0 Å². The second-order valence-electron chi connectivity index (χ2n) is 8.65. The summed E-state index contributed by atoms with van der Waals surface area (Å²) in [5, 5.41) is 14.6. The van der Waals surface area contributed by atoms with Gasteiger partial charge >= 0.3 is 0 Å². The molecular formula is C28H40FN3O2. The van der Waals surface area contributed by atoms with Crippen LogP contribution >= 0.6 is 0 Å². The molecule has 0 spiro atoms. The van der Waals surface area contributed by atoms with Crippen molar-refractivity contribution in [3.63, 3.8) is 0 Å². The molecule has 2 aliphatic rings. The van der Waals surface area contributed by atoms with Crippen molar-refractivity contribution in [1.29, 1.82) is 0 Å². The SMILES string of the molecule is C#C.CC/C=C1\N(C)C2=CCC(F)C=C2NC1(CC)CCN(C)C(O)c1ccc(OCC)cc1. The molecule has 2 N–H and O–H groups in total. The number of ether oxygens (including phenoxy) is 1. The van der Waals surface area contributed by atoms with Crippen LogP contribution in [0.5, 0.6) is 5.75 Å². The molecule has 3 atom stereocenters. The zero-order chi connectivity index (χ0) is 25.3. The van der Waals surface area contributed by atoms with E-state index in [1.165, 1.54) is 5.70 Å². The van der Waals surface area contributed by atoms with Crippen molar-refractivity contribution in [2.45, 2.75) is 64.4 Å². The lowest BCUT2D eigenvalue weighted by Gasteiger charge is -2.49. The van der Waals surface area contributed by atoms with E-state index in [2.05, 4.69) is 50.0 Å². The number of likely N-dealkylation sites (N-methyl/N-ethyl adjacent to an activating group) is 1. The van der Waals surface area contributed by atoms with Gasteiger partial charge in [0.2, 0.25) is 0 Å². The Morgan fingerprint density at radius 1 is 1.29 bits per heavy atom. The molecule has 186 valence electrons. The number of nitrogens with zero attached hydrogens (tertiary/aromatic N) is 2. The fourth-order valence-electron chi connectivity index (χ4n) is 4.67. The van der Waals surface area contributed by atoms with Gasteiger partial charge in [0.25, 0.3) is 0 Å². The highest BCUT2D eigenvalue weighted by Gasteiger charge is 2.42. The van der Waals surface area contributed by atoms with Gasteiger partial charge < -0.3 is 20.1 Å². The molecule has 34 heavy (non-hydrogen) atoms. The number of hydrogen-bond donors (Lipinski definition) is 2. The third-order valence-electron chi connectivity index (χ3n) is 6.55. The lowest BCUT2D eigenvalue weighted by atomic mass is 9.82. The van der Waals surface area contributed by atoms with Gasteiger partial charge in [-0.15, -0.1) is 12.8 Å². The van der Waals surface area contributed by atoms with Crippen molar-refractivity contribution in [1.82, 2.24) is 15.1 Å². The van der Waals surface area contributed by atoms with E-state index in [-0.39, 0.29) is 5.54 Å². The van der Waals surface area contributed by atoms with Crippen molar-refractivity contribution in [3.8, 4) is 18.6 Å². The molecule has 1 aromatic carbocycles. The van der Waals surface area contributed by atoms with Crippen LogP contribution in [0.1, 0.15) is 58.2 Å². The molecule has 0 bridgehead atoms. The Morgan fingerprint density at radius 2 is 1.97 bits per heavy atom. The van der Waals surface area contributed by atoms with Crippen molar-refractivity contribution in [2.24, 2.45) is 0 Å². The van der Waals surface area contributed by atoms with E-state index in [0.29, 0.717) is 19.6 Å². The lowest BCUT2D eigenvalue weighted by Crippen LogP contribution is -2.56. The average molecular weight is 470 g/mol. The van der Waals surface area contributed by atoms with Crippen LogP contribution in [0.3, 0.4) is 0 Å². The molecule has 0 saturated carbocycles. The van der Waals surface area contributed by atoms with Gasteiger partial charge in [-0.2, -0.15) is 0 Å². The van der Waals surface area contributed by atoms with Crippen molar-refractivity contribution >= 4 is 0 Å². The topological polar surface area (TPSA) is 48.0 Å². The number of rotatable bonds is 9. The number of hydrogen-bond acceptors (Lipinski definition) is 5. The summed E-state index contributed by atoms with van der Waals surface area (Å²) >= 11 is 0. The molecule has 5 nitrogen and oxygen atoms in total. The number of fused-ring (bicyclic) bond motifs is 1. The van der Waals surface area contributed by atoms with Crippen molar-refractivity contribution < 1.29 is 14.2 Å². The van der Waals surface area contributed by atoms with Gasteiger partial charge in [0.15, 0.2) is 0 Å². The Balaban J connectivity index is 0.00000199. The van der Waals surface area contributed by atoms with E-state index in [1.54, 1.807) is 6.08 Å². The maximum absolute atomic E-state index is 14.1. The number of allylic oxidation sites excluding steroid dienone is 3. The van der Waals surface area contributed by atoms with E-state index in [0.717, 1.165) is 42.0 Å². The summed E-state index contributed by atoms with van der Waals surface area (Å²) in [4.78, 5) is 4.17. The number of piperazine rings is 1. The molecule has 0 amide bonds. The number of terminal acetylenes is 1. The largest absolute Gasteiger partial charge is 0.494 e. The summed E-state index contributed by atoms with van der Waals surface area (Å²) in [6.45, 7) is 7.55. The van der Waals surface area contributed by atoms with E-state index < -0.39 is 12.4 Å². The van der Waals surface area contributed by atoms with Crippen molar-refractivity contribution in [3.05, 3.63) is 65.1 Å². The van der Waals surface area contributed by atoms with Gasteiger partial charge in [0.05, 0.1) is 23.5 Å². The lowest BCUT2D eigenvalue weighted by molar-refractivity contribution is 0.0150. The number of benzene rings is 1.